The van der Waals surface area contributed by atoms with Gasteiger partial charge in [0.25, 0.3) is 0 Å². The molecule has 3 heterocycles. The first-order valence-corrected chi connectivity index (χ1v) is 11.3. The highest BCUT2D eigenvalue weighted by molar-refractivity contribution is 5.66. The van der Waals surface area contributed by atoms with Gasteiger partial charge in [0.15, 0.2) is 0 Å². The maximum Gasteiger partial charge on any atom is 0.302 e. The zero-order valence-corrected chi connectivity index (χ0v) is 17.2. The van der Waals surface area contributed by atoms with E-state index in [1.54, 1.807) is 0 Å². The molecule has 2 spiro atoms. The third-order valence-electron chi connectivity index (χ3n) is 10.8. The Balaban J connectivity index is 1.51. The van der Waals surface area contributed by atoms with Crippen LogP contribution in [0.15, 0.2) is 12.2 Å². The van der Waals surface area contributed by atoms with Gasteiger partial charge in [-0.2, -0.15) is 0 Å². The van der Waals surface area contributed by atoms with Crippen LogP contribution in [0.1, 0.15) is 39.5 Å². The van der Waals surface area contributed by atoms with Gasteiger partial charge in [0.2, 0.25) is 0 Å². The van der Waals surface area contributed by atoms with Crippen molar-refractivity contribution in [3.8, 4) is 0 Å². The average molecular weight is 402 g/mol. The van der Waals surface area contributed by atoms with Crippen molar-refractivity contribution in [3.05, 3.63) is 12.2 Å². The Morgan fingerprint density at radius 3 is 2.72 bits per heavy atom. The highest BCUT2D eigenvalue weighted by Crippen LogP contribution is 2.86. The van der Waals surface area contributed by atoms with Crippen molar-refractivity contribution < 1.29 is 24.9 Å². The number of aliphatic hydroxyl groups excluding tert-OH is 2. The molecule has 3 aliphatic heterocycles. The Morgan fingerprint density at radius 1 is 1.24 bits per heavy atom. The number of esters is 1. The van der Waals surface area contributed by atoms with E-state index in [1.165, 1.54) is 6.92 Å². The van der Waals surface area contributed by atoms with Gasteiger partial charge in [-0.15, -0.1) is 0 Å². The van der Waals surface area contributed by atoms with Gasteiger partial charge in [0.1, 0.15) is 11.7 Å². The number of nitrogens with zero attached hydrogens (tertiary/aromatic N) is 1. The van der Waals surface area contributed by atoms with Crippen LogP contribution >= 0.6 is 0 Å². The molecule has 9 aliphatic rings. The molecule has 158 valence electrons. The first kappa shape index (κ1) is 17.7. The monoisotopic (exact) mass is 401 g/mol. The fraction of sp³-hybridized carbons (Fsp3) is 0.870. The Bertz CT molecular complexity index is 875. The van der Waals surface area contributed by atoms with E-state index in [4.69, 9.17) is 4.74 Å². The van der Waals surface area contributed by atoms with Crippen LogP contribution in [0.25, 0.3) is 0 Å². The first-order valence-electron chi connectivity index (χ1n) is 11.3. The molecule has 3 saturated heterocycles. The third-order valence-corrected chi connectivity index (χ3v) is 10.8. The maximum atomic E-state index is 12.4. The SMILES string of the molecule is C=C1CC23CC4CN5CC6(C)CC(OC(C)=O)CC7(C46)C2C(O)C1C(O)C3(O)C57. The predicted octanol–water partition coefficient (Wildman–Crippen LogP) is 0.697. The van der Waals surface area contributed by atoms with Gasteiger partial charge in [0.05, 0.1) is 12.2 Å². The number of carbonyl (C=O) groups excluding carboxylic acids is 1. The van der Waals surface area contributed by atoms with E-state index in [2.05, 4.69) is 18.4 Å². The molecule has 0 radical (unpaired) electrons. The summed E-state index contributed by atoms with van der Waals surface area (Å²) in [6, 6.07) is -0.169. The van der Waals surface area contributed by atoms with E-state index < -0.39 is 29.1 Å². The summed E-state index contributed by atoms with van der Waals surface area (Å²) in [6.07, 6.45) is 1.28. The van der Waals surface area contributed by atoms with E-state index in [9.17, 15) is 20.1 Å². The summed E-state index contributed by atoms with van der Waals surface area (Å²) in [6.45, 7) is 9.87. The normalized spacial score (nSPS) is 67.8. The lowest BCUT2D eigenvalue weighted by Gasteiger charge is -2.74. The number of hydrogen-bond donors (Lipinski definition) is 3. The van der Waals surface area contributed by atoms with Crippen LogP contribution in [0, 0.1) is 39.9 Å². The summed E-state index contributed by atoms with van der Waals surface area (Å²) >= 11 is 0. The molecule has 9 rings (SSSR count). The highest BCUT2D eigenvalue weighted by Gasteiger charge is 2.92. The summed E-state index contributed by atoms with van der Waals surface area (Å²) in [5.41, 5.74) is -1.12. The smallest absolute Gasteiger partial charge is 0.302 e. The standard InChI is InChI=1S/C23H31NO5/c1-10-4-21-5-12-8-24-9-20(3)6-13(29-11(2)25)7-22(16(12)20)17(21)15(26)14(10)18(27)23(21,28)19(22)24/h12-19,26-28H,1,4-9H2,2-3H3. The predicted molar refractivity (Wildman–Crippen MR) is 102 cm³/mol. The zero-order valence-electron chi connectivity index (χ0n) is 17.2. The van der Waals surface area contributed by atoms with Crippen LogP contribution in [-0.2, 0) is 9.53 Å². The molecule has 3 N–H and O–H groups in total. The summed E-state index contributed by atoms with van der Waals surface area (Å²) < 4.78 is 5.80. The molecule has 0 aromatic heterocycles. The van der Waals surface area contributed by atoms with Crippen molar-refractivity contribution in [3.63, 3.8) is 0 Å². The van der Waals surface area contributed by atoms with Crippen LogP contribution in [0.3, 0.4) is 0 Å². The number of carbonyl (C=O) groups is 1. The van der Waals surface area contributed by atoms with Crippen molar-refractivity contribution in [1.29, 1.82) is 0 Å². The molecule has 9 fully saturated rings. The minimum Gasteiger partial charge on any atom is -0.463 e. The van der Waals surface area contributed by atoms with Crippen LogP contribution in [0.2, 0.25) is 0 Å². The van der Waals surface area contributed by atoms with Gasteiger partial charge < -0.3 is 20.1 Å². The van der Waals surface area contributed by atoms with E-state index in [1.807, 2.05) is 0 Å². The largest absolute Gasteiger partial charge is 0.463 e. The first-order chi connectivity index (χ1) is 13.6. The molecular formula is C23H31NO5. The average Bonchev–Trinajstić information content (AvgIpc) is 2.61. The van der Waals surface area contributed by atoms with E-state index >= 15 is 0 Å². The molecule has 29 heavy (non-hydrogen) atoms. The molecule has 0 aromatic rings. The quantitative estimate of drug-likeness (QED) is 0.443. The number of fused-ring (bicyclic) bond motifs is 1. The van der Waals surface area contributed by atoms with Crippen LogP contribution < -0.4 is 0 Å². The second kappa shape index (κ2) is 4.62. The lowest BCUT2D eigenvalue weighted by atomic mass is 9.35. The Labute approximate surface area is 170 Å². The van der Waals surface area contributed by atoms with E-state index in [0.29, 0.717) is 24.7 Å². The van der Waals surface area contributed by atoms with Gasteiger partial charge in [-0.3, -0.25) is 9.69 Å². The fourth-order valence-electron chi connectivity index (χ4n) is 11.4. The molecular weight excluding hydrogens is 370 g/mol. The Hall–Kier alpha value is -0.950. The van der Waals surface area contributed by atoms with Crippen molar-refractivity contribution >= 4 is 5.97 Å². The van der Waals surface area contributed by atoms with Crippen LogP contribution in [0.4, 0.5) is 0 Å². The van der Waals surface area contributed by atoms with Crippen molar-refractivity contribution in [2.75, 3.05) is 13.1 Å². The third kappa shape index (κ3) is 1.48. The Kier molecular flexibility index (Phi) is 2.82. The van der Waals surface area contributed by atoms with Gasteiger partial charge in [-0.1, -0.05) is 19.1 Å². The lowest BCUT2D eigenvalue weighted by molar-refractivity contribution is -0.284. The number of aliphatic hydroxyl groups is 3. The summed E-state index contributed by atoms with van der Waals surface area (Å²) in [7, 11) is 0. The molecule has 6 saturated carbocycles. The van der Waals surface area contributed by atoms with Gasteiger partial charge in [-0.25, -0.2) is 0 Å². The molecule has 9 bridgehead atoms. The minimum absolute atomic E-state index is 0.00809. The molecule has 6 heteroatoms. The zero-order chi connectivity index (χ0) is 20.3. The number of ether oxygens (including phenoxy) is 1. The van der Waals surface area contributed by atoms with Crippen molar-refractivity contribution in [2.45, 2.75) is 69.5 Å². The molecule has 6 nitrogen and oxygen atoms in total. The van der Waals surface area contributed by atoms with Crippen LogP contribution in [-0.4, -0.2) is 69.2 Å². The molecule has 0 aromatic carbocycles. The Morgan fingerprint density at radius 2 is 2.00 bits per heavy atom. The molecule has 13 unspecified atom stereocenters. The highest BCUT2D eigenvalue weighted by atomic mass is 16.5. The summed E-state index contributed by atoms with van der Waals surface area (Å²) in [4.78, 5) is 14.3. The molecule has 6 aliphatic carbocycles. The molecule has 0 amide bonds. The summed E-state index contributed by atoms with van der Waals surface area (Å²) in [5, 5.41) is 35.5. The van der Waals surface area contributed by atoms with E-state index in [-0.39, 0.29) is 34.9 Å². The van der Waals surface area contributed by atoms with Gasteiger partial charge in [-0.05, 0) is 42.9 Å². The number of hydrogen-bond acceptors (Lipinski definition) is 6. The van der Waals surface area contributed by atoms with Crippen LogP contribution in [0.5, 0.6) is 0 Å². The maximum absolute atomic E-state index is 12.4. The second-order valence-electron chi connectivity index (χ2n) is 11.9. The lowest BCUT2D eigenvalue weighted by Crippen LogP contribution is -2.77. The second-order valence-corrected chi connectivity index (χ2v) is 11.9. The number of rotatable bonds is 1. The minimum atomic E-state index is -1.22. The summed E-state index contributed by atoms with van der Waals surface area (Å²) in [5.74, 6) is 0.0806. The number of piperidine rings is 3. The fourth-order valence-corrected chi connectivity index (χ4v) is 11.4. The van der Waals surface area contributed by atoms with Gasteiger partial charge in [0, 0.05) is 48.7 Å². The molecule has 13 atom stereocenters. The van der Waals surface area contributed by atoms with Crippen molar-refractivity contribution in [2.24, 2.45) is 39.9 Å². The topological polar surface area (TPSA) is 90.2 Å². The van der Waals surface area contributed by atoms with Gasteiger partial charge >= 0.3 is 5.97 Å². The van der Waals surface area contributed by atoms with Crippen molar-refractivity contribution in [1.82, 2.24) is 4.90 Å². The van der Waals surface area contributed by atoms with E-state index in [0.717, 1.165) is 31.5 Å².